The topological polar surface area (TPSA) is 12.5 Å². The van der Waals surface area contributed by atoms with Crippen LogP contribution in [-0.4, -0.2) is 18.2 Å². The lowest BCUT2D eigenvalue weighted by Crippen LogP contribution is -2.24. The fourth-order valence-electron chi connectivity index (χ4n) is 3.96. The number of allylic oxidation sites excluding steroid dienone is 1. The van der Waals surface area contributed by atoms with Crippen molar-refractivity contribution in [1.29, 1.82) is 0 Å². The van der Waals surface area contributed by atoms with E-state index in [1.165, 1.54) is 12.0 Å². The van der Waals surface area contributed by atoms with Crippen molar-refractivity contribution >= 4 is 0 Å². The number of benzene rings is 1. The van der Waals surface area contributed by atoms with Crippen LogP contribution in [0.5, 0.6) is 0 Å². The molecule has 2 heteroatoms. The monoisotopic (exact) mass is 227 g/mol. The van der Waals surface area contributed by atoms with Gasteiger partial charge in [0.1, 0.15) is 0 Å². The molecule has 17 heavy (non-hydrogen) atoms. The van der Waals surface area contributed by atoms with E-state index in [9.17, 15) is 0 Å². The predicted molar refractivity (Wildman–Crippen MR) is 66.0 cm³/mol. The van der Waals surface area contributed by atoms with E-state index in [1.54, 1.807) is 0 Å². The maximum atomic E-state index is 6.07. The van der Waals surface area contributed by atoms with Crippen LogP contribution in [-0.2, 0) is 4.84 Å². The molecule has 2 fully saturated rings. The quantitative estimate of drug-likeness (QED) is 0.684. The van der Waals surface area contributed by atoms with Crippen LogP contribution in [0.2, 0.25) is 0 Å². The van der Waals surface area contributed by atoms with E-state index >= 15 is 0 Å². The Morgan fingerprint density at radius 3 is 2.71 bits per heavy atom. The van der Waals surface area contributed by atoms with Gasteiger partial charge in [0.2, 0.25) is 0 Å². The van der Waals surface area contributed by atoms with Gasteiger partial charge in [-0.25, -0.2) is 0 Å². The molecule has 1 saturated carbocycles. The van der Waals surface area contributed by atoms with E-state index < -0.39 is 0 Å². The van der Waals surface area contributed by atoms with Crippen LogP contribution >= 0.6 is 0 Å². The molecule has 2 aliphatic carbocycles. The van der Waals surface area contributed by atoms with Crippen LogP contribution in [0, 0.1) is 17.8 Å². The standard InChI is InChI=1S/C15H17NO/c1-16-14(10-5-3-2-4-6-10)13-11-7-8-12(9-11)15(13)17-16/h2-8,11-15H,9H2,1H3/t11-,12-,13-,14-,15+/m0/s1. The van der Waals surface area contributed by atoms with Crippen molar-refractivity contribution < 1.29 is 4.84 Å². The molecule has 0 spiro atoms. The van der Waals surface area contributed by atoms with Crippen LogP contribution in [0.1, 0.15) is 18.0 Å². The molecule has 0 N–H and O–H groups in total. The molecule has 1 aliphatic heterocycles. The normalized spacial score (nSPS) is 43.2. The highest BCUT2D eigenvalue weighted by molar-refractivity contribution is 5.26. The number of hydrogen-bond donors (Lipinski definition) is 0. The second kappa shape index (κ2) is 3.44. The Balaban J connectivity index is 1.74. The van der Waals surface area contributed by atoms with Crippen LogP contribution in [0.25, 0.3) is 0 Å². The van der Waals surface area contributed by atoms with Crippen molar-refractivity contribution in [2.45, 2.75) is 18.6 Å². The second-order valence-corrected chi connectivity index (χ2v) is 5.50. The molecule has 3 aliphatic rings. The summed E-state index contributed by atoms with van der Waals surface area (Å²) in [5.41, 5.74) is 1.39. The summed E-state index contributed by atoms with van der Waals surface area (Å²) in [5.74, 6) is 2.03. The van der Waals surface area contributed by atoms with Crippen molar-refractivity contribution in [2.24, 2.45) is 17.8 Å². The van der Waals surface area contributed by atoms with E-state index in [0.717, 1.165) is 5.92 Å². The zero-order chi connectivity index (χ0) is 11.4. The highest BCUT2D eigenvalue weighted by Gasteiger charge is 2.55. The number of fused-ring (bicyclic) bond motifs is 5. The highest BCUT2D eigenvalue weighted by Crippen LogP contribution is 2.55. The Hall–Kier alpha value is -1.12. The Bertz CT molecular complexity index is 455. The average Bonchev–Trinajstić information content (AvgIpc) is 3.00. The second-order valence-electron chi connectivity index (χ2n) is 5.50. The van der Waals surface area contributed by atoms with E-state index in [1.807, 2.05) is 0 Å². The van der Waals surface area contributed by atoms with Gasteiger partial charge in [0.05, 0.1) is 12.1 Å². The van der Waals surface area contributed by atoms with Crippen molar-refractivity contribution in [3.63, 3.8) is 0 Å². The molecule has 5 atom stereocenters. The molecular weight excluding hydrogens is 210 g/mol. The van der Waals surface area contributed by atoms with Gasteiger partial charge in [-0.15, -0.1) is 0 Å². The summed E-state index contributed by atoms with van der Waals surface area (Å²) in [6.07, 6.45) is 6.48. The third kappa shape index (κ3) is 1.28. The van der Waals surface area contributed by atoms with E-state index in [0.29, 0.717) is 24.0 Å². The smallest absolute Gasteiger partial charge is 0.0908 e. The minimum Gasteiger partial charge on any atom is -0.294 e. The van der Waals surface area contributed by atoms with Gasteiger partial charge in [0.15, 0.2) is 0 Å². The summed E-state index contributed by atoms with van der Waals surface area (Å²) in [6.45, 7) is 0. The van der Waals surface area contributed by atoms with Crippen molar-refractivity contribution in [3.8, 4) is 0 Å². The van der Waals surface area contributed by atoms with Crippen molar-refractivity contribution in [2.75, 3.05) is 7.05 Å². The molecule has 0 amide bonds. The first-order valence-corrected chi connectivity index (χ1v) is 6.47. The van der Waals surface area contributed by atoms with Gasteiger partial charge >= 0.3 is 0 Å². The van der Waals surface area contributed by atoms with Gasteiger partial charge in [-0.3, -0.25) is 4.84 Å². The molecule has 2 nitrogen and oxygen atoms in total. The summed E-state index contributed by atoms with van der Waals surface area (Å²) in [6, 6.07) is 11.2. The van der Waals surface area contributed by atoms with Gasteiger partial charge in [0, 0.05) is 18.9 Å². The van der Waals surface area contributed by atoms with Crippen LogP contribution in [0.4, 0.5) is 0 Å². The SMILES string of the molecule is CN1O[C@H]2[C@@H]([C@H]3C=C[C@H]2C3)[C@@H]1c1ccccc1. The van der Waals surface area contributed by atoms with Gasteiger partial charge in [-0.2, -0.15) is 5.06 Å². The first-order chi connectivity index (χ1) is 8.34. The lowest BCUT2D eigenvalue weighted by molar-refractivity contribution is -0.152. The zero-order valence-corrected chi connectivity index (χ0v) is 9.99. The minimum atomic E-state index is 0.417. The minimum absolute atomic E-state index is 0.417. The fourth-order valence-corrected chi connectivity index (χ4v) is 3.96. The predicted octanol–water partition coefficient (Wildman–Crippen LogP) is 2.80. The third-order valence-electron chi connectivity index (χ3n) is 4.63. The number of nitrogens with zero attached hydrogens (tertiary/aromatic N) is 1. The first kappa shape index (κ1) is 9.86. The number of hydroxylamine groups is 2. The molecule has 4 rings (SSSR count). The van der Waals surface area contributed by atoms with Crippen LogP contribution in [0.15, 0.2) is 42.5 Å². The lowest BCUT2D eigenvalue weighted by Gasteiger charge is -2.25. The van der Waals surface area contributed by atoms with E-state index in [2.05, 4.69) is 54.6 Å². The fraction of sp³-hybridized carbons (Fsp3) is 0.467. The number of rotatable bonds is 1. The molecule has 0 aromatic heterocycles. The Labute approximate surface area is 102 Å². The molecular formula is C15H17NO. The summed E-state index contributed by atoms with van der Waals surface area (Å²) in [5, 5.41) is 2.08. The Kier molecular flexibility index (Phi) is 1.99. The van der Waals surface area contributed by atoms with Crippen LogP contribution < -0.4 is 0 Å². The molecule has 1 saturated heterocycles. The van der Waals surface area contributed by atoms with Gasteiger partial charge in [-0.1, -0.05) is 42.5 Å². The lowest BCUT2D eigenvalue weighted by atomic mass is 9.82. The molecule has 1 heterocycles. The van der Waals surface area contributed by atoms with Gasteiger partial charge < -0.3 is 0 Å². The first-order valence-electron chi connectivity index (χ1n) is 6.47. The molecule has 0 unspecified atom stereocenters. The maximum Gasteiger partial charge on any atom is 0.0908 e. The van der Waals surface area contributed by atoms with E-state index in [4.69, 9.17) is 4.84 Å². The molecule has 1 aromatic carbocycles. The van der Waals surface area contributed by atoms with E-state index in [-0.39, 0.29) is 0 Å². The molecule has 0 radical (unpaired) electrons. The molecule has 2 bridgehead atoms. The van der Waals surface area contributed by atoms with Crippen LogP contribution in [0.3, 0.4) is 0 Å². The van der Waals surface area contributed by atoms with Crippen molar-refractivity contribution in [3.05, 3.63) is 48.0 Å². The summed E-state index contributed by atoms with van der Waals surface area (Å²) in [7, 11) is 2.08. The summed E-state index contributed by atoms with van der Waals surface area (Å²) in [4.78, 5) is 6.07. The summed E-state index contributed by atoms with van der Waals surface area (Å²) >= 11 is 0. The highest BCUT2D eigenvalue weighted by atomic mass is 16.7. The number of hydrogen-bond acceptors (Lipinski definition) is 2. The zero-order valence-electron chi connectivity index (χ0n) is 9.99. The van der Waals surface area contributed by atoms with Gasteiger partial charge in [-0.05, 0) is 17.9 Å². The third-order valence-corrected chi connectivity index (χ3v) is 4.63. The molecule has 88 valence electrons. The Morgan fingerprint density at radius 1 is 1.12 bits per heavy atom. The van der Waals surface area contributed by atoms with Crippen molar-refractivity contribution in [1.82, 2.24) is 5.06 Å². The average molecular weight is 227 g/mol. The van der Waals surface area contributed by atoms with Gasteiger partial charge in [0.25, 0.3) is 0 Å². The largest absolute Gasteiger partial charge is 0.294 e. The summed E-state index contributed by atoms with van der Waals surface area (Å²) < 4.78 is 0. The maximum absolute atomic E-state index is 6.07. The Morgan fingerprint density at radius 2 is 1.88 bits per heavy atom. The molecule has 1 aromatic rings.